The summed E-state index contributed by atoms with van der Waals surface area (Å²) in [5.41, 5.74) is 1.86. The number of nitrogens with one attached hydrogen (secondary N) is 1. The number of hydrogen-bond donors (Lipinski definition) is 1. The van der Waals surface area contributed by atoms with Gasteiger partial charge in [0.15, 0.2) is 0 Å². The first-order chi connectivity index (χ1) is 11.0. The number of aromatic nitrogens is 1. The number of nitrogens with zero attached hydrogens (tertiary/aromatic N) is 1. The van der Waals surface area contributed by atoms with Gasteiger partial charge in [-0.3, -0.25) is 14.2 Å². The fourth-order valence-electron chi connectivity index (χ4n) is 2.59. The minimum absolute atomic E-state index is 0.0616. The van der Waals surface area contributed by atoms with Crippen molar-refractivity contribution in [1.29, 1.82) is 0 Å². The van der Waals surface area contributed by atoms with E-state index in [0.29, 0.717) is 0 Å². The van der Waals surface area contributed by atoms with Gasteiger partial charge in [-0.25, -0.2) is 0 Å². The number of rotatable bonds is 4. The molecule has 23 heavy (non-hydrogen) atoms. The van der Waals surface area contributed by atoms with Gasteiger partial charge in [0.25, 0.3) is 0 Å². The van der Waals surface area contributed by atoms with Gasteiger partial charge >= 0.3 is 4.87 Å². The van der Waals surface area contributed by atoms with Gasteiger partial charge in [0, 0.05) is 11.1 Å². The molecule has 0 spiro atoms. The number of hydrogen-bond acceptors (Lipinski definition) is 3. The third-order valence-electron chi connectivity index (χ3n) is 3.93. The summed E-state index contributed by atoms with van der Waals surface area (Å²) in [5.74, 6) is -0.158. The van der Waals surface area contributed by atoms with Gasteiger partial charge in [-0.2, -0.15) is 0 Å². The Bertz CT molecular complexity index is 911. The molecule has 1 atom stereocenters. The molecule has 0 bridgehead atoms. The molecular weight excluding hydrogens is 308 g/mol. The molecule has 0 saturated carbocycles. The molecule has 3 rings (SSSR count). The molecule has 2 aromatic carbocycles. The molecule has 0 aliphatic carbocycles. The van der Waals surface area contributed by atoms with Crippen LogP contribution in [0, 0.1) is 6.92 Å². The van der Waals surface area contributed by atoms with Crippen LogP contribution in [0.5, 0.6) is 0 Å². The summed E-state index contributed by atoms with van der Waals surface area (Å²) in [6, 6.07) is 14.2. The van der Waals surface area contributed by atoms with Crippen molar-refractivity contribution in [2.24, 2.45) is 0 Å². The van der Waals surface area contributed by atoms with Crippen molar-refractivity contribution in [3.63, 3.8) is 0 Å². The van der Waals surface area contributed by atoms with E-state index in [1.54, 1.807) is 5.38 Å². The summed E-state index contributed by atoms with van der Waals surface area (Å²) in [7, 11) is 0. The molecule has 3 aromatic rings. The molecule has 0 aliphatic rings. The van der Waals surface area contributed by atoms with E-state index in [0.717, 1.165) is 28.0 Å². The SMILES string of the molecule is Cc1csc(=O)n1CC(=O)NC(C)c1ccc2ccccc2c1. The van der Waals surface area contributed by atoms with Crippen molar-refractivity contribution in [1.82, 2.24) is 9.88 Å². The van der Waals surface area contributed by atoms with Crippen molar-refractivity contribution in [3.8, 4) is 0 Å². The molecule has 0 fully saturated rings. The first-order valence-corrected chi connectivity index (χ1v) is 8.35. The Balaban J connectivity index is 1.73. The smallest absolute Gasteiger partial charge is 0.307 e. The van der Waals surface area contributed by atoms with Crippen molar-refractivity contribution >= 4 is 28.0 Å². The first-order valence-electron chi connectivity index (χ1n) is 7.47. The van der Waals surface area contributed by atoms with E-state index < -0.39 is 0 Å². The zero-order chi connectivity index (χ0) is 16.4. The highest BCUT2D eigenvalue weighted by atomic mass is 32.1. The Morgan fingerprint density at radius 3 is 2.65 bits per heavy atom. The lowest BCUT2D eigenvalue weighted by Crippen LogP contribution is -2.32. The second-order valence-electron chi connectivity index (χ2n) is 5.62. The van der Waals surface area contributed by atoms with E-state index >= 15 is 0 Å². The number of carbonyl (C=O) groups is 1. The Kier molecular flexibility index (Phi) is 4.30. The maximum atomic E-state index is 12.2. The Morgan fingerprint density at radius 1 is 1.22 bits per heavy atom. The number of aryl methyl sites for hydroxylation is 1. The van der Waals surface area contributed by atoms with Gasteiger partial charge in [0.1, 0.15) is 6.54 Å². The van der Waals surface area contributed by atoms with Crippen molar-refractivity contribution in [2.75, 3.05) is 0 Å². The molecule has 1 aromatic heterocycles. The molecule has 0 radical (unpaired) electrons. The summed E-state index contributed by atoms with van der Waals surface area (Å²) in [5, 5.41) is 7.05. The third-order valence-corrected chi connectivity index (χ3v) is 4.81. The van der Waals surface area contributed by atoms with Crippen LogP contribution in [0.4, 0.5) is 0 Å². The highest BCUT2D eigenvalue weighted by Gasteiger charge is 2.12. The number of fused-ring (bicyclic) bond motifs is 1. The van der Waals surface area contributed by atoms with E-state index in [-0.39, 0.29) is 23.4 Å². The lowest BCUT2D eigenvalue weighted by molar-refractivity contribution is -0.122. The second kappa shape index (κ2) is 6.38. The van der Waals surface area contributed by atoms with Crippen LogP contribution < -0.4 is 10.2 Å². The quantitative estimate of drug-likeness (QED) is 0.800. The zero-order valence-corrected chi connectivity index (χ0v) is 13.9. The highest BCUT2D eigenvalue weighted by molar-refractivity contribution is 7.07. The molecule has 1 N–H and O–H groups in total. The van der Waals surface area contributed by atoms with Crippen LogP contribution in [0.25, 0.3) is 10.8 Å². The van der Waals surface area contributed by atoms with E-state index in [2.05, 4.69) is 29.6 Å². The maximum Gasteiger partial charge on any atom is 0.307 e. The van der Waals surface area contributed by atoms with Gasteiger partial charge in [0.05, 0.1) is 6.04 Å². The normalized spacial score (nSPS) is 12.3. The summed E-state index contributed by atoms with van der Waals surface area (Å²) in [4.78, 5) is 23.8. The molecule has 1 amide bonds. The van der Waals surface area contributed by atoms with Crippen LogP contribution in [0.3, 0.4) is 0 Å². The van der Waals surface area contributed by atoms with Gasteiger partial charge in [-0.15, -0.1) is 0 Å². The molecule has 1 heterocycles. The van der Waals surface area contributed by atoms with Gasteiger partial charge in [-0.1, -0.05) is 47.7 Å². The lowest BCUT2D eigenvalue weighted by atomic mass is 10.0. The fraction of sp³-hybridized carbons (Fsp3) is 0.222. The molecule has 118 valence electrons. The van der Waals surface area contributed by atoms with Crippen LogP contribution in [0.2, 0.25) is 0 Å². The number of benzene rings is 2. The summed E-state index contributed by atoms with van der Waals surface area (Å²) < 4.78 is 1.49. The minimum Gasteiger partial charge on any atom is -0.348 e. The molecule has 0 aliphatic heterocycles. The summed E-state index contributed by atoms with van der Waals surface area (Å²) in [6.45, 7) is 3.84. The molecule has 1 unspecified atom stereocenters. The second-order valence-corrected chi connectivity index (χ2v) is 6.45. The third kappa shape index (κ3) is 3.35. The van der Waals surface area contributed by atoms with Gasteiger partial charge in [-0.05, 0) is 36.2 Å². The minimum atomic E-state index is -0.158. The van der Waals surface area contributed by atoms with E-state index in [4.69, 9.17) is 0 Å². The average Bonchev–Trinajstić information content (AvgIpc) is 2.86. The highest BCUT2D eigenvalue weighted by Crippen LogP contribution is 2.20. The monoisotopic (exact) mass is 326 g/mol. The molecule has 5 heteroatoms. The Morgan fingerprint density at radius 2 is 1.96 bits per heavy atom. The van der Waals surface area contributed by atoms with E-state index in [1.807, 2.05) is 32.0 Å². The molecule has 4 nitrogen and oxygen atoms in total. The van der Waals surface area contributed by atoms with Crippen molar-refractivity contribution in [2.45, 2.75) is 26.4 Å². The van der Waals surface area contributed by atoms with Crippen LogP contribution >= 0.6 is 11.3 Å². The predicted molar refractivity (Wildman–Crippen MR) is 93.8 cm³/mol. The van der Waals surface area contributed by atoms with Crippen LogP contribution in [-0.2, 0) is 11.3 Å². The topological polar surface area (TPSA) is 51.1 Å². The fourth-order valence-corrected chi connectivity index (χ4v) is 3.32. The average molecular weight is 326 g/mol. The van der Waals surface area contributed by atoms with E-state index in [9.17, 15) is 9.59 Å². The van der Waals surface area contributed by atoms with E-state index in [1.165, 1.54) is 9.95 Å². The van der Waals surface area contributed by atoms with Crippen LogP contribution in [0.15, 0.2) is 52.6 Å². The lowest BCUT2D eigenvalue weighted by Gasteiger charge is -2.15. The predicted octanol–water partition coefficient (Wildman–Crippen LogP) is 3.25. The van der Waals surface area contributed by atoms with Crippen molar-refractivity contribution in [3.05, 3.63) is 68.8 Å². The zero-order valence-electron chi connectivity index (χ0n) is 13.1. The Hall–Kier alpha value is -2.40. The standard InChI is InChI=1S/C18H18N2O2S/c1-12-11-23-18(22)20(12)10-17(21)19-13(2)15-8-7-14-5-3-4-6-16(14)9-15/h3-9,11,13H,10H2,1-2H3,(H,19,21). The summed E-state index contributed by atoms with van der Waals surface area (Å²) >= 11 is 1.12. The van der Waals surface area contributed by atoms with Crippen LogP contribution in [0.1, 0.15) is 24.2 Å². The number of carbonyl (C=O) groups excluding carboxylic acids is 1. The van der Waals surface area contributed by atoms with Gasteiger partial charge in [0.2, 0.25) is 5.91 Å². The first kappa shape index (κ1) is 15.5. The number of amides is 1. The van der Waals surface area contributed by atoms with Crippen molar-refractivity contribution < 1.29 is 4.79 Å². The summed E-state index contributed by atoms with van der Waals surface area (Å²) in [6.07, 6.45) is 0. The molecule has 0 saturated heterocycles. The van der Waals surface area contributed by atoms with Gasteiger partial charge < -0.3 is 5.32 Å². The largest absolute Gasteiger partial charge is 0.348 e. The maximum absolute atomic E-state index is 12.2. The number of thiazole rings is 1. The van der Waals surface area contributed by atoms with Crippen LogP contribution in [-0.4, -0.2) is 10.5 Å². The Labute approximate surface area is 138 Å². The molecular formula is C18H18N2O2S.